The second kappa shape index (κ2) is 12.2. The van der Waals surface area contributed by atoms with E-state index in [1.54, 1.807) is 18.2 Å². The number of carbonyl (C=O) groups excluding carboxylic acids is 2. The molecule has 0 atom stereocenters. The lowest BCUT2D eigenvalue weighted by atomic mass is 10.1. The minimum Gasteiger partial charge on any atom is -0.503 e. The predicted octanol–water partition coefficient (Wildman–Crippen LogP) is 6.25. The maximum absolute atomic E-state index is 10.9. The fraction of sp³-hybridized carbons (Fsp3) is 0.364. The van der Waals surface area contributed by atoms with E-state index in [-0.39, 0.29) is 28.5 Å². The summed E-state index contributed by atoms with van der Waals surface area (Å²) in [4.78, 5) is 21.7. The highest BCUT2D eigenvalue weighted by molar-refractivity contribution is 9.10. The Balaban J connectivity index is 2.11. The lowest BCUT2D eigenvalue weighted by Gasteiger charge is -2.15. The average Bonchev–Trinajstić information content (AvgIpc) is 2.68. The van der Waals surface area contributed by atoms with Gasteiger partial charge in [-0.05, 0) is 77.0 Å². The van der Waals surface area contributed by atoms with E-state index in [2.05, 4.69) is 15.9 Å². The molecule has 1 N–H and O–H groups in total. The Morgan fingerprint density at radius 1 is 0.903 bits per heavy atom. The van der Waals surface area contributed by atoms with Gasteiger partial charge in [-0.15, -0.1) is 0 Å². The Hall–Kier alpha value is -1.96. The molecule has 0 radical (unpaired) electrons. The van der Waals surface area contributed by atoms with Gasteiger partial charge in [-0.3, -0.25) is 9.59 Å². The molecule has 6 nitrogen and oxygen atoms in total. The van der Waals surface area contributed by atoms with Crippen molar-refractivity contribution in [2.24, 2.45) is 0 Å². The van der Waals surface area contributed by atoms with E-state index in [4.69, 9.17) is 37.4 Å². The van der Waals surface area contributed by atoms with Crippen LogP contribution in [0.5, 0.6) is 17.2 Å². The Labute approximate surface area is 199 Å². The summed E-state index contributed by atoms with van der Waals surface area (Å²) in [5.41, 5.74) is 1.76. The molecular weight excluding hydrogens is 511 g/mol. The van der Waals surface area contributed by atoms with Gasteiger partial charge < -0.3 is 19.3 Å². The Morgan fingerprint density at radius 3 is 1.94 bits per heavy atom. The highest BCUT2D eigenvalue weighted by Gasteiger charge is 2.16. The number of hydrogen-bond donors (Lipinski definition) is 1. The fourth-order valence-electron chi connectivity index (χ4n) is 2.80. The molecule has 0 amide bonds. The van der Waals surface area contributed by atoms with Gasteiger partial charge in [0.1, 0.15) is 0 Å². The third-order valence-electron chi connectivity index (χ3n) is 4.19. The van der Waals surface area contributed by atoms with Crippen LogP contribution in [0.25, 0.3) is 0 Å². The first-order valence-corrected chi connectivity index (χ1v) is 11.2. The van der Waals surface area contributed by atoms with Crippen molar-refractivity contribution in [3.8, 4) is 17.2 Å². The van der Waals surface area contributed by atoms with E-state index in [9.17, 15) is 14.7 Å². The molecule has 0 aliphatic rings. The number of rotatable bonds is 10. The largest absolute Gasteiger partial charge is 0.503 e. The minimum absolute atomic E-state index is 0.148. The van der Waals surface area contributed by atoms with Gasteiger partial charge in [0.15, 0.2) is 17.2 Å². The maximum atomic E-state index is 10.9. The molecule has 2 aromatic rings. The van der Waals surface area contributed by atoms with Gasteiger partial charge >= 0.3 is 11.9 Å². The molecule has 0 aromatic heterocycles. The van der Waals surface area contributed by atoms with Gasteiger partial charge in [-0.1, -0.05) is 23.2 Å². The Kier molecular flexibility index (Phi) is 9.93. The quantitative estimate of drug-likeness (QED) is 0.287. The zero-order valence-corrected chi connectivity index (χ0v) is 20.3. The smallest absolute Gasteiger partial charge is 0.302 e. The van der Waals surface area contributed by atoms with E-state index in [1.165, 1.54) is 13.8 Å². The first-order chi connectivity index (χ1) is 14.7. The lowest BCUT2D eigenvalue weighted by Crippen LogP contribution is -2.02. The zero-order valence-electron chi connectivity index (χ0n) is 17.2. The molecule has 0 bridgehead atoms. The van der Waals surface area contributed by atoms with Gasteiger partial charge in [0.05, 0.1) is 27.7 Å². The number of aryl methyl sites for hydroxylation is 2. The zero-order chi connectivity index (χ0) is 23.0. The molecule has 2 aromatic carbocycles. The molecule has 0 saturated heterocycles. The molecule has 2 rings (SSSR count). The summed E-state index contributed by atoms with van der Waals surface area (Å²) in [5.74, 6) is -0.329. The highest BCUT2D eigenvalue weighted by atomic mass is 79.9. The standard InChI is InChI=1S/C22H23BrCl2O6/c1-13(26)29-7-3-5-15-9-17(23)22(19(25)11-15)31-20-12-16(10-18(24)21(20)28)6-4-8-30-14(2)27/h9-12,28H,3-8H2,1-2H3. The van der Waals surface area contributed by atoms with Crippen LogP contribution >= 0.6 is 39.1 Å². The van der Waals surface area contributed by atoms with E-state index in [0.717, 1.165) is 11.1 Å². The summed E-state index contributed by atoms with van der Waals surface area (Å²) in [5, 5.41) is 10.8. The predicted molar refractivity (Wildman–Crippen MR) is 122 cm³/mol. The normalized spacial score (nSPS) is 10.6. The summed E-state index contributed by atoms with van der Waals surface area (Å²) < 4.78 is 16.4. The second-order valence-electron chi connectivity index (χ2n) is 6.80. The second-order valence-corrected chi connectivity index (χ2v) is 8.47. The lowest BCUT2D eigenvalue weighted by molar-refractivity contribution is -0.142. The summed E-state index contributed by atoms with van der Waals surface area (Å²) in [6, 6.07) is 6.93. The molecule has 9 heteroatoms. The van der Waals surface area contributed by atoms with Crippen molar-refractivity contribution in [1.29, 1.82) is 0 Å². The van der Waals surface area contributed by atoms with Gasteiger partial charge in [0.25, 0.3) is 0 Å². The SMILES string of the molecule is CC(=O)OCCCc1cc(Cl)c(Oc2cc(CCCOC(C)=O)cc(Cl)c2O)c(Br)c1. The highest BCUT2D eigenvalue weighted by Crippen LogP contribution is 2.43. The van der Waals surface area contributed by atoms with E-state index >= 15 is 0 Å². The van der Waals surface area contributed by atoms with Crippen molar-refractivity contribution in [3.63, 3.8) is 0 Å². The molecule has 168 valence electrons. The van der Waals surface area contributed by atoms with Crippen LogP contribution in [0.2, 0.25) is 10.0 Å². The third-order valence-corrected chi connectivity index (χ3v) is 5.35. The number of phenols is 1. The maximum Gasteiger partial charge on any atom is 0.302 e. The minimum atomic E-state index is -0.331. The topological polar surface area (TPSA) is 82.1 Å². The van der Waals surface area contributed by atoms with Crippen molar-refractivity contribution >= 4 is 51.1 Å². The number of carbonyl (C=O) groups is 2. The first kappa shape index (κ1) is 25.3. The number of hydrogen-bond acceptors (Lipinski definition) is 6. The van der Waals surface area contributed by atoms with Gasteiger partial charge in [-0.25, -0.2) is 0 Å². The molecule has 0 heterocycles. The van der Waals surface area contributed by atoms with Crippen molar-refractivity contribution < 1.29 is 28.9 Å². The summed E-state index contributed by atoms with van der Waals surface area (Å²) >= 11 is 16.0. The van der Waals surface area contributed by atoms with Crippen LogP contribution in [0.3, 0.4) is 0 Å². The van der Waals surface area contributed by atoms with E-state index in [1.807, 2.05) is 6.07 Å². The Bertz CT molecular complexity index is 925. The van der Waals surface area contributed by atoms with Crippen molar-refractivity contribution in [2.45, 2.75) is 39.5 Å². The average molecular weight is 534 g/mol. The van der Waals surface area contributed by atoms with E-state index in [0.29, 0.717) is 54.1 Å². The molecular formula is C22H23BrCl2O6. The van der Waals surface area contributed by atoms with Gasteiger partial charge in [0.2, 0.25) is 0 Å². The van der Waals surface area contributed by atoms with Crippen LogP contribution in [0.15, 0.2) is 28.7 Å². The number of aromatic hydroxyl groups is 1. The van der Waals surface area contributed by atoms with E-state index < -0.39 is 0 Å². The summed E-state index contributed by atoms with van der Waals surface area (Å²) in [6.07, 6.45) is 2.52. The number of benzene rings is 2. The van der Waals surface area contributed by atoms with Crippen molar-refractivity contribution in [2.75, 3.05) is 13.2 Å². The molecule has 0 aliphatic carbocycles. The van der Waals surface area contributed by atoms with Crippen LogP contribution in [-0.2, 0) is 31.9 Å². The molecule has 0 unspecified atom stereocenters. The van der Waals surface area contributed by atoms with Crippen molar-refractivity contribution in [1.82, 2.24) is 0 Å². The molecule has 0 fully saturated rings. The first-order valence-electron chi connectivity index (χ1n) is 9.61. The van der Waals surface area contributed by atoms with Crippen molar-refractivity contribution in [3.05, 3.63) is 49.9 Å². The molecule has 0 spiro atoms. The summed E-state index contributed by atoms with van der Waals surface area (Å²) in [6.45, 7) is 3.35. The van der Waals surface area contributed by atoms with Crippen LogP contribution in [0.4, 0.5) is 0 Å². The number of ether oxygens (including phenoxy) is 3. The van der Waals surface area contributed by atoms with Crippen LogP contribution in [0, 0.1) is 0 Å². The molecule has 0 saturated carbocycles. The van der Waals surface area contributed by atoms with Crippen LogP contribution < -0.4 is 4.74 Å². The van der Waals surface area contributed by atoms with Crippen LogP contribution in [0.1, 0.15) is 37.8 Å². The van der Waals surface area contributed by atoms with Gasteiger partial charge in [0, 0.05) is 13.8 Å². The van der Waals surface area contributed by atoms with Crippen LogP contribution in [-0.4, -0.2) is 30.3 Å². The summed E-state index contributed by atoms with van der Waals surface area (Å²) in [7, 11) is 0. The molecule has 31 heavy (non-hydrogen) atoms. The third kappa shape index (κ3) is 8.24. The monoisotopic (exact) mass is 532 g/mol. The number of phenolic OH excluding ortho intramolecular Hbond substituents is 1. The molecule has 0 aliphatic heterocycles. The Morgan fingerprint density at radius 2 is 1.42 bits per heavy atom. The number of esters is 2. The number of halogens is 3. The fourth-order valence-corrected chi connectivity index (χ4v) is 4.01. The van der Waals surface area contributed by atoms with Gasteiger partial charge in [-0.2, -0.15) is 0 Å².